The molecular formula is C22H21N3O4. The van der Waals surface area contributed by atoms with Gasteiger partial charge in [-0.2, -0.15) is 0 Å². The summed E-state index contributed by atoms with van der Waals surface area (Å²) < 4.78 is 5.51. The normalized spacial score (nSPS) is 24.7. The van der Waals surface area contributed by atoms with Gasteiger partial charge in [-0.25, -0.2) is 4.79 Å². The largest absolute Gasteiger partial charge is 0.449 e. The lowest BCUT2D eigenvalue weighted by Gasteiger charge is -2.18. The van der Waals surface area contributed by atoms with E-state index in [1.807, 2.05) is 24.3 Å². The first-order chi connectivity index (χ1) is 14.0. The van der Waals surface area contributed by atoms with Crippen LogP contribution in [-0.2, 0) is 14.3 Å². The third kappa shape index (κ3) is 2.76. The van der Waals surface area contributed by atoms with Crippen LogP contribution in [0.25, 0.3) is 11.1 Å². The van der Waals surface area contributed by atoms with Crippen molar-refractivity contribution in [2.45, 2.75) is 37.5 Å². The number of nitrogens with one attached hydrogen (secondary N) is 2. The highest BCUT2D eigenvalue weighted by Gasteiger charge is 2.49. The van der Waals surface area contributed by atoms with Gasteiger partial charge in [0, 0.05) is 12.3 Å². The Morgan fingerprint density at radius 1 is 1.10 bits per heavy atom. The van der Waals surface area contributed by atoms with Gasteiger partial charge < -0.3 is 20.3 Å². The van der Waals surface area contributed by atoms with Crippen LogP contribution >= 0.6 is 0 Å². The molecular weight excluding hydrogens is 370 g/mol. The highest BCUT2D eigenvalue weighted by Crippen LogP contribution is 2.44. The minimum Gasteiger partial charge on any atom is -0.449 e. The molecule has 0 aromatic heterocycles. The van der Waals surface area contributed by atoms with Crippen LogP contribution in [0, 0.1) is 0 Å². The monoisotopic (exact) mass is 391 g/mol. The number of amides is 3. The highest BCUT2D eigenvalue weighted by atomic mass is 16.5. The molecule has 0 bridgehead atoms. The Kier molecular flexibility index (Phi) is 4.04. The van der Waals surface area contributed by atoms with Gasteiger partial charge in [0.05, 0.1) is 0 Å². The van der Waals surface area contributed by atoms with Crippen molar-refractivity contribution in [2.75, 3.05) is 6.61 Å². The van der Waals surface area contributed by atoms with Crippen molar-refractivity contribution in [3.8, 4) is 11.1 Å². The van der Waals surface area contributed by atoms with Crippen molar-refractivity contribution in [2.24, 2.45) is 0 Å². The average molecular weight is 391 g/mol. The van der Waals surface area contributed by atoms with Crippen molar-refractivity contribution in [3.05, 3.63) is 59.7 Å². The number of rotatable bonds is 3. The van der Waals surface area contributed by atoms with Crippen LogP contribution in [0.1, 0.15) is 30.4 Å². The molecule has 7 nitrogen and oxygen atoms in total. The van der Waals surface area contributed by atoms with Crippen molar-refractivity contribution in [1.29, 1.82) is 0 Å². The average Bonchev–Trinajstić information content (AvgIpc) is 3.30. The Hall–Kier alpha value is -3.35. The number of ether oxygens (including phenoxy) is 1. The number of carbonyl (C=O) groups is 3. The van der Waals surface area contributed by atoms with E-state index in [-0.39, 0.29) is 30.5 Å². The van der Waals surface area contributed by atoms with Gasteiger partial charge in [-0.05, 0) is 29.2 Å². The first-order valence-corrected chi connectivity index (χ1v) is 9.78. The van der Waals surface area contributed by atoms with E-state index < -0.39 is 18.2 Å². The quantitative estimate of drug-likeness (QED) is 0.838. The predicted octanol–water partition coefficient (Wildman–Crippen LogP) is 1.97. The van der Waals surface area contributed by atoms with E-state index >= 15 is 0 Å². The molecule has 0 spiro atoms. The minimum atomic E-state index is -0.682. The predicted molar refractivity (Wildman–Crippen MR) is 105 cm³/mol. The molecule has 0 radical (unpaired) electrons. The van der Waals surface area contributed by atoms with Crippen LogP contribution in [-0.4, -0.2) is 47.7 Å². The molecule has 2 aromatic carbocycles. The van der Waals surface area contributed by atoms with Crippen LogP contribution in [0.15, 0.2) is 48.5 Å². The van der Waals surface area contributed by atoms with E-state index in [1.165, 1.54) is 4.90 Å². The lowest BCUT2D eigenvalue weighted by atomic mass is 9.98. The number of fused-ring (bicyclic) bond motifs is 4. The fourth-order valence-electron chi connectivity index (χ4n) is 4.67. The molecule has 3 amide bonds. The maximum absolute atomic E-state index is 12.5. The fraction of sp³-hybridized carbons (Fsp3) is 0.318. The van der Waals surface area contributed by atoms with Crippen molar-refractivity contribution in [3.63, 3.8) is 0 Å². The van der Waals surface area contributed by atoms with Gasteiger partial charge in [-0.3, -0.25) is 9.59 Å². The van der Waals surface area contributed by atoms with Crippen LogP contribution in [0.3, 0.4) is 0 Å². The van der Waals surface area contributed by atoms with E-state index in [0.717, 1.165) is 22.3 Å². The summed E-state index contributed by atoms with van der Waals surface area (Å²) in [5, 5.41) is 5.43. The van der Waals surface area contributed by atoms with Crippen molar-refractivity contribution >= 4 is 17.9 Å². The number of nitrogens with zero attached hydrogens (tertiary/aromatic N) is 1. The van der Waals surface area contributed by atoms with E-state index in [2.05, 4.69) is 34.9 Å². The maximum atomic E-state index is 12.5. The molecule has 2 aliphatic heterocycles. The second-order valence-electron chi connectivity index (χ2n) is 7.70. The molecule has 3 atom stereocenters. The summed E-state index contributed by atoms with van der Waals surface area (Å²) in [6, 6.07) is 15.0. The Morgan fingerprint density at radius 2 is 1.72 bits per heavy atom. The molecule has 2 N–H and O–H groups in total. The molecule has 148 valence electrons. The number of alkyl carbamates (subject to hydrolysis) is 1. The highest BCUT2D eigenvalue weighted by molar-refractivity contribution is 5.96. The Bertz CT molecular complexity index is 975. The third-order valence-corrected chi connectivity index (χ3v) is 6.09. The van der Waals surface area contributed by atoms with Crippen LogP contribution in [0.4, 0.5) is 4.79 Å². The summed E-state index contributed by atoms with van der Waals surface area (Å²) >= 11 is 0. The molecule has 3 aliphatic rings. The summed E-state index contributed by atoms with van der Waals surface area (Å²) in [5.74, 6) is -0.452. The molecule has 5 rings (SSSR count). The summed E-state index contributed by atoms with van der Waals surface area (Å²) in [6.45, 7) is 1.88. The molecule has 2 fully saturated rings. The zero-order valence-electron chi connectivity index (χ0n) is 15.9. The smallest absolute Gasteiger partial charge is 0.407 e. The van der Waals surface area contributed by atoms with Gasteiger partial charge in [0.2, 0.25) is 11.8 Å². The third-order valence-electron chi connectivity index (χ3n) is 6.09. The van der Waals surface area contributed by atoms with Gasteiger partial charge in [-0.15, -0.1) is 0 Å². The fourth-order valence-corrected chi connectivity index (χ4v) is 4.67. The maximum Gasteiger partial charge on any atom is 0.407 e. The molecule has 1 unspecified atom stereocenters. The number of carbonyl (C=O) groups excluding carboxylic acids is 3. The topological polar surface area (TPSA) is 87.7 Å². The molecule has 7 heteroatoms. The first-order valence-electron chi connectivity index (χ1n) is 9.78. The summed E-state index contributed by atoms with van der Waals surface area (Å²) in [5.41, 5.74) is 4.59. The minimum absolute atomic E-state index is 0.0325. The summed E-state index contributed by atoms with van der Waals surface area (Å²) in [7, 11) is 0. The Labute approximate surface area is 168 Å². The molecule has 29 heavy (non-hydrogen) atoms. The van der Waals surface area contributed by atoms with Gasteiger partial charge >= 0.3 is 6.09 Å². The molecule has 2 heterocycles. The van der Waals surface area contributed by atoms with Gasteiger partial charge in [0.15, 0.2) is 0 Å². The van der Waals surface area contributed by atoms with Gasteiger partial charge in [0.1, 0.15) is 24.9 Å². The second-order valence-corrected chi connectivity index (χ2v) is 7.70. The van der Waals surface area contributed by atoms with Crippen molar-refractivity contribution < 1.29 is 19.1 Å². The standard InChI is InChI=1S/C22H21N3O4/c1-12-20(26)24-19-10-18(21(27)25(12)19)23-22(28)29-11-17-15-8-4-2-6-13(15)14-7-3-5-9-16(14)17/h2-9,12,17-19H,10-11H2,1H3,(H,23,28)(H,24,26)/t12-,18-,19?/m0/s1. The zero-order chi connectivity index (χ0) is 20.1. The summed E-state index contributed by atoms with van der Waals surface area (Å²) in [4.78, 5) is 38.1. The van der Waals surface area contributed by atoms with E-state index in [1.54, 1.807) is 6.92 Å². The molecule has 0 saturated carbocycles. The SMILES string of the molecule is C[C@H]1C(=O)NC2C[C@H](NC(=O)OCC3c4ccccc4-c4ccccc43)C(=O)N21. The van der Waals surface area contributed by atoms with Crippen LogP contribution < -0.4 is 10.6 Å². The second kappa shape index (κ2) is 6.62. The van der Waals surface area contributed by atoms with E-state index in [0.29, 0.717) is 6.42 Å². The molecule has 2 saturated heterocycles. The van der Waals surface area contributed by atoms with Crippen LogP contribution in [0.2, 0.25) is 0 Å². The lowest BCUT2D eigenvalue weighted by molar-refractivity contribution is -0.133. The number of hydrogen-bond acceptors (Lipinski definition) is 4. The van der Waals surface area contributed by atoms with E-state index in [9.17, 15) is 14.4 Å². The summed E-state index contributed by atoms with van der Waals surface area (Å²) in [6.07, 6.45) is -0.631. The number of benzene rings is 2. The Morgan fingerprint density at radius 3 is 2.34 bits per heavy atom. The lowest BCUT2D eigenvalue weighted by Crippen LogP contribution is -2.44. The Balaban J connectivity index is 1.25. The number of hydrogen-bond donors (Lipinski definition) is 2. The van der Waals surface area contributed by atoms with Gasteiger partial charge in [0.25, 0.3) is 0 Å². The molecule has 2 aromatic rings. The molecule has 1 aliphatic carbocycles. The van der Waals surface area contributed by atoms with Gasteiger partial charge in [-0.1, -0.05) is 48.5 Å². The first kappa shape index (κ1) is 17.7. The van der Waals surface area contributed by atoms with Crippen molar-refractivity contribution in [1.82, 2.24) is 15.5 Å². The zero-order valence-corrected chi connectivity index (χ0v) is 15.9. The van der Waals surface area contributed by atoms with Crippen LogP contribution in [0.5, 0.6) is 0 Å². The van der Waals surface area contributed by atoms with E-state index in [4.69, 9.17) is 4.74 Å².